The molecule has 0 unspecified atom stereocenters. The molecule has 2 aromatic rings. The number of imide groups is 1. The number of aliphatic hydroxyl groups excluding tert-OH is 1. The van der Waals surface area contributed by atoms with Crippen molar-refractivity contribution in [3.8, 4) is 5.75 Å². The van der Waals surface area contributed by atoms with Gasteiger partial charge < -0.3 is 14.6 Å². The van der Waals surface area contributed by atoms with Crippen LogP contribution in [0.3, 0.4) is 0 Å². The summed E-state index contributed by atoms with van der Waals surface area (Å²) in [5.74, 6) is -0.199. The Morgan fingerprint density at radius 1 is 1.10 bits per heavy atom. The summed E-state index contributed by atoms with van der Waals surface area (Å²) >= 11 is 0. The van der Waals surface area contributed by atoms with E-state index in [4.69, 9.17) is 9.47 Å². The largest absolute Gasteiger partial charge is 0.509 e. The highest BCUT2D eigenvalue weighted by molar-refractivity contribution is 6.26. The molecule has 2 aromatic carbocycles. The molecule has 0 saturated carbocycles. The number of hydrogen-bond donors (Lipinski definition) is 1. The van der Waals surface area contributed by atoms with Crippen LogP contribution in [-0.4, -0.2) is 40.8 Å². The van der Waals surface area contributed by atoms with Gasteiger partial charge in [0.05, 0.1) is 12.7 Å². The molecule has 152 valence electrons. The predicted molar refractivity (Wildman–Crippen MR) is 110 cm³/mol. The van der Waals surface area contributed by atoms with Crippen LogP contribution < -0.4 is 4.74 Å². The van der Waals surface area contributed by atoms with Crippen molar-refractivity contribution in [1.82, 2.24) is 4.90 Å². The lowest BCUT2D eigenvalue weighted by Gasteiger charge is -2.27. The van der Waals surface area contributed by atoms with E-state index in [-0.39, 0.29) is 17.8 Å². The van der Waals surface area contributed by atoms with Crippen LogP contribution in [0.1, 0.15) is 31.9 Å². The molecule has 1 aliphatic rings. The van der Waals surface area contributed by atoms with Crippen molar-refractivity contribution in [2.24, 2.45) is 0 Å². The fourth-order valence-electron chi connectivity index (χ4n) is 3.26. The first kappa shape index (κ1) is 20.5. The summed E-state index contributed by atoms with van der Waals surface area (Å²) in [6, 6.07) is 15.4. The molecule has 6 heteroatoms. The fraction of sp³-hybridized carbons (Fsp3) is 0.304. The minimum absolute atomic E-state index is 0.0793. The number of ether oxygens (including phenoxy) is 2. The van der Waals surface area contributed by atoms with Gasteiger partial charge in [0.15, 0.2) is 0 Å². The molecule has 1 heterocycles. The molecule has 0 fully saturated rings. The van der Waals surface area contributed by atoms with E-state index in [1.165, 1.54) is 7.11 Å². The second-order valence-corrected chi connectivity index (χ2v) is 7.85. The molecule has 1 aliphatic heterocycles. The maximum atomic E-state index is 13.2. The normalized spacial score (nSPS) is 16.9. The summed E-state index contributed by atoms with van der Waals surface area (Å²) in [7, 11) is 1.52. The SMILES string of the molecule is COc1cccc(C2=C(O)[C@H](Cc3ccccc3)N(C(=O)OC(C)(C)C)C2=O)c1. The lowest BCUT2D eigenvalue weighted by molar-refractivity contribution is -0.124. The van der Waals surface area contributed by atoms with Gasteiger partial charge in [0, 0.05) is 6.42 Å². The molecule has 0 bridgehead atoms. The summed E-state index contributed by atoms with van der Waals surface area (Å²) < 4.78 is 10.7. The Labute approximate surface area is 170 Å². The van der Waals surface area contributed by atoms with E-state index in [1.807, 2.05) is 30.3 Å². The molecule has 1 N–H and O–H groups in total. The fourth-order valence-corrected chi connectivity index (χ4v) is 3.26. The third-order valence-corrected chi connectivity index (χ3v) is 4.54. The van der Waals surface area contributed by atoms with Gasteiger partial charge in [-0.05, 0) is 44.0 Å². The molecule has 0 saturated heterocycles. The van der Waals surface area contributed by atoms with Gasteiger partial charge in [0.1, 0.15) is 23.2 Å². The Balaban J connectivity index is 2.03. The van der Waals surface area contributed by atoms with E-state index in [1.54, 1.807) is 45.0 Å². The zero-order valence-corrected chi connectivity index (χ0v) is 17.0. The standard InChI is InChI=1S/C23H25NO5/c1-23(2,3)29-22(27)24-18(13-15-9-6-5-7-10-15)20(25)19(21(24)26)16-11-8-12-17(14-16)28-4/h5-12,14,18,25H,13H2,1-4H3/t18-/m0/s1. The number of benzene rings is 2. The Morgan fingerprint density at radius 2 is 1.79 bits per heavy atom. The van der Waals surface area contributed by atoms with E-state index in [0.717, 1.165) is 10.5 Å². The average Bonchev–Trinajstić information content (AvgIpc) is 2.91. The summed E-state index contributed by atoms with van der Waals surface area (Å²) in [6.45, 7) is 5.19. The molecular weight excluding hydrogens is 370 g/mol. The van der Waals surface area contributed by atoms with Crippen molar-refractivity contribution < 1.29 is 24.2 Å². The summed E-state index contributed by atoms with van der Waals surface area (Å²) in [5.41, 5.74) is 0.673. The molecule has 1 atom stereocenters. The third-order valence-electron chi connectivity index (χ3n) is 4.54. The van der Waals surface area contributed by atoms with Crippen LogP contribution in [0, 0.1) is 0 Å². The van der Waals surface area contributed by atoms with Crippen molar-refractivity contribution in [2.45, 2.75) is 38.8 Å². The Kier molecular flexibility index (Phi) is 5.64. The number of hydrogen-bond acceptors (Lipinski definition) is 5. The topological polar surface area (TPSA) is 76.1 Å². The number of aliphatic hydroxyl groups is 1. The zero-order valence-electron chi connectivity index (χ0n) is 17.0. The summed E-state index contributed by atoms with van der Waals surface area (Å²) in [4.78, 5) is 27.1. The molecule has 29 heavy (non-hydrogen) atoms. The van der Waals surface area contributed by atoms with Gasteiger partial charge in [0.2, 0.25) is 0 Å². The van der Waals surface area contributed by atoms with E-state index >= 15 is 0 Å². The highest BCUT2D eigenvalue weighted by atomic mass is 16.6. The van der Waals surface area contributed by atoms with Crippen molar-refractivity contribution in [1.29, 1.82) is 0 Å². The number of rotatable bonds is 4. The molecule has 0 aliphatic carbocycles. The summed E-state index contributed by atoms with van der Waals surface area (Å²) in [5, 5.41) is 11.0. The van der Waals surface area contributed by atoms with Gasteiger partial charge in [-0.1, -0.05) is 42.5 Å². The number of amides is 2. The highest BCUT2D eigenvalue weighted by Crippen LogP contribution is 2.35. The van der Waals surface area contributed by atoms with Crippen LogP contribution in [0.2, 0.25) is 0 Å². The Bertz CT molecular complexity index is 943. The minimum atomic E-state index is -0.846. The number of carbonyl (C=O) groups excluding carboxylic acids is 2. The molecule has 0 aromatic heterocycles. The van der Waals surface area contributed by atoms with Crippen LogP contribution in [0.5, 0.6) is 5.75 Å². The molecular formula is C23H25NO5. The molecule has 6 nitrogen and oxygen atoms in total. The van der Waals surface area contributed by atoms with Crippen LogP contribution in [0.25, 0.3) is 5.57 Å². The number of carbonyl (C=O) groups is 2. The number of nitrogens with zero attached hydrogens (tertiary/aromatic N) is 1. The van der Waals surface area contributed by atoms with Crippen LogP contribution in [0.4, 0.5) is 4.79 Å². The average molecular weight is 395 g/mol. The van der Waals surface area contributed by atoms with Gasteiger partial charge >= 0.3 is 6.09 Å². The molecule has 0 spiro atoms. The molecule has 3 rings (SSSR count). The smallest absolute Gasteiger partial charge is 0.418 e. The van der Waals surface area contributed by atoms with Gasteiger partial charge in [-0.3, -0.25) is 4.79 Å². The van der Waals surface area contributed by atoms with E-state index in [2.05, 4.69) is 0 Å². The van der Waals surface area contributed by atoms with Crippen LogP contribution >= 0.6 is 0 Å². The highest BCUT2D eigenvalue weighted by Gasteiger charge is 2.45. The van der Waals surface area contributed by atoms with E-state index < -0.39 is 23.6 Å². The Morgan fingerprint density at radius 3 is 2.41 bits per heavy atom. The summed E-state index contributed by atoms with van der Waals surface area (Å²) in [6.07, 6.45) is -0.502. The van der Waals surface area contributed by atoms with E-state index in [9.17, 15) is 14.7 Å². The monoisotopic (exact) mass is 395 g/mol. The lowest BCUT2D eigenvalue weighted by Crippen LogP contribution is -2.44. The van der Waals surface area contributed by atoms with Gasteiger partial charge in [-0.25, -0.2) is 9.69 Å². The number of methoxy groups -OCH3 is 1. The Hall–Kier alpha value is -3.28. The van der Waals surface area contributed by atoms with Crippen molar-refractivity contribution >= 4 is 17.6 Å². The first-order chi connectivity index (χ1) is 13.7. The predicted octanol–water partition coefficient (Wildman–Crippen LogP) is 4.35. The third kappa shape index (κ3) is 4.42. The lowest BCUT2D eigenvalue weighted by atomic mass is 10.0. The molecule has 2 amide bonds. The maximum absolute atomic E-state index is 13.2. The van der Waals surface area contributed by atoms with E-state index in [0.29, 0.717) is 11.3 Å². The van der Waals surface area contributed by atoms with Crippen LogP contribution in [-0.2, 0) is 16.0 Å². The van der Waals surface area contributed by atoms with Gasteiger partial charge in [-0.2, -0.15) is 0 Å². The van der Waals surface area contributed by atoms with Gasteiger partial charge in [-0.15, -0.1) is 0 Å². The second kappa shape index (κ2) is 7.99. The first-order valence-corrected chi connectivity index (χ1v) is 9.39. The minimum Gasteiger partial charge on any atom is -0.509 e. The quantitative estimate of drug-likeness (QED) is 0.833. The zero-order chi connectivity index (χ0) is 21.2. The van der Waals surface area contributed by atoms with Gasteiger partial charge in [0.25, 0.3) is 5.91 Å². The maximum Gasteiger partial charge on any atom is 0.418 e. The van der Waals surface area contributed by atoms with Crippen molar-refractivity contribution in [2.75, 3.05) is 7.11 Å². The second-order valence-electron chi connectivity index (χ2n) is 7.85. The first-order valence-electron chi connectivity index (χ1n) is 9.39. The van der Waals surface area contributed by atoms with Crippen molar-refractivity contribution in [3.63, 3.8) is 0 Å². The molecule has 0 radical (unpaired) electrons. The van der Waals surface area contributed by atoms with Crippen molar-refractivity contribution in [3.05, 3.63) is 71.5 Å². The van der Waals surface area contributed by atoms with Crippen LogP contribution in [0.15, 0.2) is 60.4 Å².